The lowest BCUT2D eigenvalue weighted by Gasteiger charge is -2.12. The molecule has 0 unspecified atom stereocenters. The summed E-state index contributed by atoms with van der Waals surface area (Å²) in [5, 5.41) is 0.991. The minimum absolute atomic E-state index is 0.219. The van der Waals surface area contributed by atoms with E-state index >= 15 is 4.39 Å². The van der Waals surface area contributed by atoms with Crippen LogP contribution >= 0.6 is 0 Å². The average molecular weight is 531 g/mol. The molecule has 0 aromatic heterocycles. The largest absolute Gasteiger partial charge is 0.573 e. The molecule has 0 saturated carbocycles. The minimum Gasteiger partial charge on any atom is -0.403 e. The maximum Gasteiger partial charge on any atom is 0.573 e. The number of unbranched alkanes of at least 4 members (excludes halogenated alkanes) is 3. The van der Waals surface area contributed by atoms with Crippen LogP contribution < -0.4 is 4.74 Å². The Morgan fingerprint density at radius 1 is 0.684 bits per heavy atom. The van der Waals surface area contributed by atoms with E-state index in [9.17, 15) is 22.0 Å². The highest BCUT2D eigenvalue weighted by Gasteiger charge is 2.32. The predicted octanol–water partition coefficient (Wildman–Crippen LogP) is 9.73. The van der Waals surface area contributed by atoms with Crippen LogP contribution in [0.4, 0.5) is 26.3 Å². The molecule has 0 radical (unpaired) electrons. The van der Waals surface area contributed by atoms with Gasteiger partial charge in [0.15, 0.2) is 11.6 Å². The van der Waals surface area contributed by atoms with Crippen LogP contribution in [0.2, 0.25) is 0 Å². The zero-order valence-electron chi connectivity index (χ0n) is 21.0. The van der Waals surface area contributed by atoms with Crippen LogP contribution in [0.25, 0.3) is 21.9 Å². The standard InChI is InChI=1S/C31H28F6O/c1-2-3-4-5-6-20-8-14-25(27(32)17-20)23-13-15-26-24(19-23)12-11-22(30(26)34)10-7-21-9-16-29(28(33)18-21)38-31(35,36)37/h8-9,11-19H,2-7,10H2,1H3. The second-order valence-electron chi connectivity index (χ2n) is 9.41. The van der Waals surface area contributed by atoms with E-state index in [0.717, 1.165) is 43.4 Å². The minimum atomic E-state index is -4.99. The Labute approximate surface area is 218 Å². The molecule has 0 aliphatic rings. The Hall–Kier alpha value is -3.48. The van der Waals surface area contributed by atoms with E-state index in [1.54, 1.807) is 42.5 Å². The topological polar surface area (TPSA) is 9.23 Å². The normalized spacial score (nSPS) is 11.8. The molecule has 7 heteroatoms. The van der Waals surface area contributed by atoms with Gasteiger partial charge in [0, 0.05) is 10.9 Å². The first kappa shape index (κ1) is 27.6. The van der Waals surface area contributed by atoms with Gasteiger partial charge in [0.1, 0.15) is 11.6 Å². The van der Waals surface area contributed by atoms with Crippen LogP contribution in [-0.4, -0.2) is 6.36 Å². The van der Waals surface area contributed by atoms with Crippen molar-refractivity contribution in [2.75, 3.05) is 0 Å². The number of hydrogen-bond acceptors (Lipinski definition) is 1. The van der Waals surface area contributed by atoms with Gasteiger partial charge in [0.25, 0.3) is 0 Å². The van der Waals surface area contributed by atoms with Crippen molar-refractivity contribution in [2.45, 2.75) is 58.2 Å². The Morgan fingerprint density at radius 2 is 1.42 bits per heavy atom. The summed E-state index contributed by atoms with van der Waals surface area (Å²) < 4.78 is 84.8. The number of benzene rings is 4. The van der Waals surface area contributed by atoms with E-state index in [2.05, 4.69) is 11.7 Å². The van der Waals surface area contributed by atoms with Crippen LogP contribution in [0.1, 0.15) is 49.3 Å². The molecule has 0 aliphatic heterocycles. The van der Waals surface area contributed by atoms with E-state index in [4.69, 9.17) is 0 Å². The van der Waals surface area contributed by atoms with Crippen molar-refractivity contribution in [3.63, 3.8) is 0 Å². The molecule has 0 atom stereocenters. The summed E-state index contributed by atoms with van der Waals surface area (Å²) in [6.45, 7) is 2.15. The second-order valence-corrected chi connectivity index (χ2v) is 9.41. The van der Waals surface area contributed by atoms with Crippen molar-refractivity contribution in [1.82, 2.24) is 0 Å². The van der Waals surface area contributed by atoms with Gasteiger partial charge in [-0.2, -0.15) is 0 Å². The Balaban J connectivity index is 1.47. The van der Waals surface area contributed by atoms with Gasteiger partial charge in [-0.15, -0.1) is 13.2 Å². The van der Waals surface area contributed by atoms with Gasteiger partial charge in [0.05, 0.1) is 0 Å². The van der Waals surface area contributed by atoms with Crippen LogP contribution in [0, 0.1) is 17.5 Å². The molecule has 0 aliphatic carbocycles. The van der Waals surface area contributed by atoms with E-state index in [1.165, 1.54) is 12.5 Å². The zero-order chi connectivity index (χ0) is 27.3. The molecule has 4 rings (SSSR count). The van der Waals surface area contributed by atoms with Gasteiger partial charge < -0.3 is 4.74 Å². The Bertz CT molecular complexity index is 1410. The highest BCUT2D eigenvalue weighted by atomic mass is 19.4. The number of ether oxygens (including phenoxy) is 1. The summed E-state index contributed by atoms with van der Waals surface area (Å²) in [5.74, 6) is -2.79. The number of rotatable bonds is 10. The van der Waals surface area contributed by atoms with Crippen molar-refractivity contribution in [2.24, 2.45) is 0 Å². The fourth-order valence-corrected chi connectivity index (χ4v) is 4.59. The predicted molar refractivity (Wildman–Crippen MR) is 138 cm³/mol. The van der Waals surface area contributed by atoms with E-state index in [0.29, 0.717) is 33.0 Å². The van der Waals surface area contributed by atoms with Gasteiger partial charge in [-0.1, -0.05) is 68.7 Å². The molecular formula is C31H28F6O. The van der Waals surface area contributed by atoms with E-state index in [1.807, 2.05) is 6.07 Å². The van der Waals surface area contributed by atoms with Crippen molar-refractivity contribution >= 4 is 10.8 Å². The monoisotopic (exact) mass is 530 g/mol. The van der Waals surface area contributed by atoms with Gasteiger partial charge in [0.2, 0.25) is 0 Å². The third kappa shape index (κ3) is 6.88. The highest BCUT2D eigenvalue weighted by Crippen LogP contribution is 2.31. The summed E-state index contributed by atoms with van der Waals surface area (Å²) in [6.07, 6.45) is 0.754. The van der Waals surface area contributed by atoms with E-state index in [-0.39, 0.29) is 18.7 Å². The second kappa shape index (κ2) is 11.9. The molecule has 0 fully saturated rings. The SMILES string of the molecule is CCCCCCc1ccc(-c2ccc3c(F)c(CCc4ccc(OC(F)(F)F)c(F)c4)ccc3c2)c(F)c1. The Kier molecular flexibility index (Phi) is 8.65. The lowest BCUT2D eigenvalue weighted by molar-refractivity contribution is -0.275. The first-order valence-corrected chi connectivity index (χ1v) is 12.7. The lowest BCUT2D eigenvalue weighted by Crippen LogP contribution is -2.18. The highest BCUT2D eigenvalue weighted by molar-refractivity contribution is 5.88. The molecule has 0 bridgehead atoms. The first-order valence-electron chi connectivity index (χ1n) is 12.7. The molecule has 0 heterocycles. The van der Waals surface area contributed by atoms with E-state index < -0.39 is 23.7 Å². The molecule has 4 aromatic carbocycles. The number of alkyl halides is 3. The van der Waals surface area contributed by atoms with Crippen LogP contribution in [-0.2, 0) is 19.3 Å². The number of fused-ring (bicyclic) bond motifs is 1. The maximum absolute atomic E-state index is 15.2. The molecule has 0 spiro atoms. The van der Waals surface area contributed by atoms with Crippen molar-refractivity contribution in [3.8, 4) is 16.9 Å². The fraction of sp³-hybridized carbons (Fsp3) is 0.290. The number of hydrogen-bond donors (Lipinski definition) is 0. The van der Waals surface area contributed by atoms with Gasteiger partial charge in [-0.3, -0.25) is 0 Å². The molecule has 0 saturated heterocycles. The molecule has 0 amide bonds. The summed E-state index contributed by atoms with van der Waals surface area (Å²) in [7, 11) is 0. The molecule has 4 aromatic rings. The molecule has 38 heavy (non-hydrogen) atoms. The molecular weight excluding hydrogens is 502 g/mol. The third-order valence-corrected chi connectivity index (χ3v) is 6.60. The number of aryl methyl sites for hydroxylation is 3. The molecule has 1 nitrogen and oxygen atoms in total. The number of halogens is 6. The molecule has 0 N–H and O–H groups in total. The summed E-state index contributed by atoms with van der Waals surface area (Å²) in [6, 6.07) is 16.9. The summed E-state index contributed by atoms with van der Waals surface area (Å²) in [5.41, 5.74) is 2.86. The fourth-order valence-electron chi connectivity index (χ4n) is 4.59. The van der Waals surface area contributed by atoms with Gasteiger partial charge >= 0.3 is 6.36 Å². The lowest BCUT2D eigenvalue weighted by atomic mass is 9.96. The maximum atomic E-state index is 15.2. The van der Waals surface area contributed by atoms with Crippen molar-refractivity contribution in [3.05, 3.63) is 101 Å². The molecule has 200 valence electrons. The summed E-state index contributed by atoms with van der Waals surface area (Å²) >= 11 is 0. The van der Waals surface area contributed by atoms with Gasteiger partial charge in [-0.05, 0) is 77.6 Å². The quantitative estimate of drug-likeness (QED) is 0.146. The van der Waals surface area contributed by atoms with Crippen molar-refractivity contribution in [1.29, 1.82) is 0 Å². The zero-order valence-corrected chi connectivity index (χ0v) is 21.0. The smallest absolute Gasteiger partial charge is 0.403 e. The van der Waals surface area contributed by atoms with Crippen LogP contribution in [0.5, 0.6) is 5.75 Å². The van der Waals surface area contributed by atoms with Crippen LogP contribution in [0.15, 0.2) is 66.7 Å². The first-order chi connectivity index (χ1) is 18.1. The van der Waals surface area contributed by atoms with Crippen molar-refractivity contribution < 1.29 is 31.1 Å². The average Bonchev–Trinajstić information content (AvgIpc) is 2.87. The summed E-state index contributed by atoms with van der Waals surface area (Å²) in [4.78, 5) is 0. The third-order valence-electron chi connectivity index (χ3n) is 6.60. The van der Waals surface area contributed by atoms with Crippen LogP contribution in [0.3, 0.4) is 0 Å². The Morgan fingerprint density at radius 3 is 2.13 bits per heavy atom. The van der Waals surface area contributed by atoms with Gasteiger partial charge in [-0.25, -0.2) is 13.2 Å².